The number of benzene rings is 3. The number of nitrogens with one attached hydrogen (secondary N) is 1. The van der Waals surface area contributed by atoms with Gasteiger partial charge in [-0.15, -0.1) is 11.3 Å². The number of hydrogen-bond acceptors (Lipinski definition) is 5. The second kappa shape index (κ2) is 12.0. The first-order valence-electron chi connectivity index (χ1n) is 12.7. The number of morpholine rings is 1. The number of alkyl halides is 3. The van der Waals surface area contributed by atoms with Crippen LogP contribution in [0.5, 0.6) is 0 Å². The summed E-state index contributed by atoms with van der Waals surface area (Å²) in [6.45, 7) is 5.73. The van der Waals surface area contributed by atoms with Crippen molar-refractivity contribution in [3.8, 4) is 23.1 Å². The fourth-order valence-electron chi connectivity index (χ4n) is 4.33. The molecule has 40 heavy (non-hydrogen) atoms. The summed E-state index contributed by atoms with van der Waals surface area (Å²) in [5.41, 5.74) is 3.86. The molecule has 1 aliphatic heterocycles. The highest BCUT2D eigenvalue weighted by molar-refractivity contribution is 7.14. The van der Waals surface area contributed by atoms with Crippen molar-refractivity contribution < 1.29 is 22.7 Å². The van der Waals surface area contributed by atoms with Crippen LogP contribution < -0.4 is 5.32 Å². The van der Waals surface area contributed by atoms with Crippen molar-refractivity contribution in [2.45, 2.75) is 19.6 Å². The zero-order valence-corrected chi connectivity index (χ0v) is 22.5. The summed E-state index contributed by atoms with van der Waals surface area (Å²) in [7, 11) is 0. The summed E-state index contributed by atoms with van der Waals surface area (Å²) in [5, 5.41) is 5.16. The standard InChI is InChI=1S/C31H26F3N3O2S/c1-21-15-24(18-27(16-21)31(32,33)34)6-5-22-3-2-4-26(17-22)28-20-40-30(35-28)36-29(38)25-9-7-23(8-10-25)19-37-11-13-39-14-12-37/h2-4,7-10,15-18,20H,11-14,19H2,1H3,(H,35,36,38). The van der Waals surface area contributed by atoms with Crippen LogP contribution in [0.15, 0.2) is 72.1 Å². The minimum absolute atomic E-state index is 0.241. The zero-order chi connectivity index (χ0) is 28.1. The number of aryl methyl sites for hydroxylation is 1. The Morgan fingerprint density at radius 1 is 1.02 bits per heavy atom. The average molecular weight is 562 g/mol. The molecule has 0 saturated carbocycles. The number of carbonyl (C=O) groups is 1. The number of anilines is 1. The maximum atomic E-state index is 13.1. The van der Waals surface area contributed by atoms with Crippen LogP contribution in [0, 0.1) is 18.8 Å². The fraction of sp³-hybridized carbons (Fsp3) is 0.226. The van der Waals surface area contributed by atoms with Gasteiger partial charge in [-0.2, -0.15) is 13.2 Å². The highest BCUT2D eigenvalue weighted by Crippen LogP contribution is 2.30. The topological polar surface area (TPSA) is 54.5 Å². The Hall–Kier alpha value is -3.97. The molecule has 5 rings (SSSR count). The third-order valence-electron chi connectivity index (χ3n) is 6.36. The number of halogens is 3. The lowest BCUT2D eigenvalue weighted by molar-refractivity contribution is -0.137. The molecule has 0 aliphatic carbocycles. The molecule has 0 radical (unpaired) electrons. The van der Waals surface area contributed by atoms with Crippen molar-refractivity contribution in [1.82, 2.24) is 9.88 Å². The van der Waals surface area contributed by atoms with Crippen molar-refractivity contribution in [3.63, 3.8) is 0 Å². The van der Waals surface area contributed by atoms with Gasteiger partial charge in [0.25, 0.3) is 5.91 Å². The lowest BCUT2D eigenvalue weighted by Crippen LogP contribution is -2.35. The molecule has 1 aromatic heterocycles. The maximum Gasteiger partial charge on any atom is 0.416 e. The number of hydrogen-bond donors (Lipinski definition) is 1. The van der Waals surface area contributed by atoms with Crippen molar-refractivity contribution in [2.75, 3.05) is 31.6 Å². The maximum absolute atomic E-state index is 13.1. The molecular weight excluding hydrogens is 535 g/mol. The number of ether oxygens (including phenoxy) is 1. The summed E-state index contributed by atoms with van der Waals surface area (Å²) >= 11 is 1.31. The molecule has 2 heterocycles. The smallest absolute Gasteiger partial charge is 0.379 e. The van der Waals surface area contributed by atoms with Gasteiger partial charge in [0, 0.05) is 47.3 Å². The van der Waals surface area contributed by atoms with Gasteiger partial charge in [-0.3, -0.25) is 15.0 Å². The normalized spacial score (nSPS) is 13.9. The van der Waals surface area contributed by atoms with Crippen LogP contribution in [-0.4, -0.2) is 42.1 Å². The van der Waals surface area contributed by atoms with Gasteiger partial charge in [0.1, 0.15) is 0 Å². The number of rotatable bonds is 5. The number of carbonyl (C=O) groups excluding carboxylic acids is 1. The summed E-state index contributed by atoms with van der Waals surface area (Å²) in [4.78, 5) is 19.7. The molecule has 4 aromatic rings. The molecular formula is C31H26F3N3O2S. The minimum atomic E-state index is -4.42. The average Bonchev–Trinajstić information content (AvgIpc) is 3.41. The van der Waals surface area contributed by atoms with E-state index in [4.69, 9.17) is 4.74 Å². The largest absolute Gasteiger partial charge is 0.416 e. The van der Waals surface area contributed by atoms with E-state index in [9.17, 15) is 18.0 Å². The van der Waals surface area contributed by atoms with E-state index in [1.54, 1.807) is 19.1 Å². The molecule has 1 saturated heterocycles. The van der Waals surface area contributed by atoms with Gasteiger partial charge in [-0.25, -0.2) is 4.98 Å². The van der Waals surface area contributed by atoms with Gasteiger partial charge < -0.3 is 4.74 Å². The molecule has 1 N–H and O–H groups in total. The summed E-state index contributed by atoms with van der Waals surface area (Å²) in [5.74, 6) is 5.54. The molecule has 1 aliphatic rings. The number of thiazole rings is 1. The Balaban J connectivity index is 1.24. The minimum Gasteiger partial charge on any atom is -0.379 e. The van der Waals surface area contributed by atoms with Crippen molar-refractivity contribution >= 4 is 22.4 Å². The predicted octanol–water partition coefficient (Wildman–Crippen LogP) is 6.62. The van der Waals surface area contributed by atoms with Crippen molar-refractivity contribution in [3.05, 3.63) is 105 Å². The molecule has 0 atom stereocenters. The van der Waals surface area contributed by atoms with Crippen molar-refractivity contribution in [2.24, 2.45) is 0 Å². The first-order valence-corrected chi connectivity index (χ1v) is 13.6. The highest BCUT2D eigenvalue weighted by Gasteiger charge is 2.30. The SMILES string of the molecule is Cc1cc(C#Cc2cccc(-c3csc(NC(=O)c4ccc(CN5CCOCC5)cc4)n3)c2)cc(C(F)(F)F)c1. The molecule has 1 amide bonds. The van der Waals surface area contributed by atoms with Gasteiger partial charge in [0.15, 0.2) is 5.13 Å². The third kappa shape index (κ3) is 7.16. The second-order valence-corrected chi connectivity index (χ2v) is 10.4. The van der Waals surface area contributed by atoms with Crippen LogP contribution in [-0.2, 0) is 17.5 Å². The predicted molar refractivity (Wildman–Crippen MR) is 150 cm³/mol. The van der Waals surface area contributed by atoms with E-state index in [0.29, 0.717) is 33.1 Å². The van der Waals surface area contributed by atoms with Gasteiger partial charge in [-0.05, 0) is 60.5 Å². The third-order valence-corrected chi connectivity index (χ3v) is 7.12. The first kappa shape index (κ1) is 27.6. The second-order valence-electron chi connectivity index (χ2n) is 9.49. The molecule has 1 fully saturated rings. The zero-order valence-electron chi connectivity index (χ0n) is 21.7. The number of nitrogens with zero attached hydrogens (tertiary/aromatic N) is 2. The van der Waals surface area contributed by atoms with Crippen LogP contribution >= 0.6 is 11.3 Å². The van der Waals surface area contributed by atoms with Gasteiger partial charge in [0.2, 0.25) is 0 Å². The van der Waals surface area contributed by atoms with Crippen LogP contribution in [0.4, 0.5) is 18.3 Å². The van der Waals surface area contributed by atoms with E-state index in [1.807, 2.05) is 47.8 Å². The van der Waals surface area contributed by atoms with Crippen LogP contribution in [0.1, 0.15) is 38.2 Å². The molecule has 9 heteroatoms. The lowest BCUT2D eigenvalue weighted by Gasteiger charge is -2.26. The molecule has 3 aromatic carbocycles. The summed E-state index contributed by atoms with van der Waals surface area (Å²) in [6, 6.07) is 18.6. The fourth-order valence-corrected chi connectivity index (χ4v) is 5.05. The van der Waals surface area contributed by atoms with E-state index in [-0.39, 0.29) is 5.91 Å². The lowest BCUT2D eigenvalue weighted by atomic mass is 10.1. The molecule has 0 bridgehead atoms. The molecule has 5 nitrogen and oxygen atoms in total. The van der Waals surface area contributed by atoms with Gasteiger partial charge >= 0.3 is 6.18 Å². The van der Waals surface area contributed by atoms with Gasteiger partial charge in [-0.1, -0.05) is 36.1 Å². The quantitative estimate of drug-likeness (QED) is 0.278. The van der Waals surface area contributed by atoms with Crippen LogP contribution in [0.3, 0.4) is 0 Å². The first-order chi connectivity index (χ1) is 19.2. The Labute approximate surface area is 234 Å². The van der Waals surface area contributed by atoms with E-state index in [2.05, 4.69) is 27.0 Å². The number of amides is 1. The summed E-state index contributed by atoms with van der Waals surface area (Å²) in [6.07, 6.45) is -4.42. The summed E-state index contributed by atoms with van der Waals surface area (Å²) < 4.78 is 44.8. The highest BCUT2D eigenvalue weighted by atomic mass is 32.1. The van der Waals surface area contributed by atoms with E-state index in [1.165, 1.54) is 11.3 Å². The molecule has 0 unspecified atom stereocenters. The number of aromatic nitrogens is 1. The van der Waals surface area contributed by atoms with E-state index < -0.39 is 11.7 Å². The van der Waals surface area contributed by atoms with E-state index >= 15 is 0 Å². The monoisotopic (exact) mass is 561 g/mol. The Bertz CT molecular complexity index is 1560. The van der Waals surface area contributed by atoms with Crippen molar-refractivity contribution in [1.29, 1.82) is 0 Å². The van der Waals surface area contributed by atoms with Crippen LogP contribution in [0.25, 0.3) is 11.3 Å². The van der Waals surface area contributed by atoms with Gasteiger partial charge in [0.05, 0.1) is 24.5 Å². The molecule has 0 spiro atoms. The van der Waals surface area contributed by atoms with E-state index in [0.717, 1.165) is 56.1 Å². The Morgan fingerprint density at radius 3 is 2.52 bits per heavy atom. The van der Waals surface area contributed by atoms with Crippen LogP contribution in [0.2, 0.25) is 0 Å². The Kier molecular flexibility index (Phi) is 8.31. The molecule has 204 valence electrons. The Morgan fingerprint density at radius 2 is 1.77 bits per heavy atom.